The Morgan fingerprint density at radius 3 is 2.73 bits per heavy atom. The van der Waals surface area contributed by atoms with Crippen molar-refractivity contribution >= 4 is 29.9 Å². The summed E-state index contributed by atoms with van der Waals surface area (Å²) in [5.74, 6) is 1.42. The zero-order chi connectivity index (χ0) is 21.0. The van der Waals surface area contributed by atoms with E-state index in [1.807, 2.05) is 0 Å². The number of nitrogens with one attached hydrogen (secondary N) is 2. The molecule has 1 aromatic carbocycles. The number of guanidine groups is 1. The summed E-state index contributed by atoms with van der Waals surface area (Å²) in [4.78, 5) is 4.71. The first-order valence-electron chi connectivity index (χ1n) is 10.9. The van der Waals surface area contributed by atoms with Gasteiger partial charge in [0.15, 0.2) is 5.96 Å². The van der Waals surface area contributed by atoms with Gasteiger partial charge in [-0.05, 0) is 51.7 Å². The first kappa shape index (κ1) is 27.1. The maximum absolute atomic E-state index is 5.87. The van der Waals surface area contributed by atoms with E-state index in [2.05, 4.69) is 62.6 Å². The van der Waals surface area contributed by atoms with Crippen molar-refractivity contribution in [2.45, 2.75) is 59.3 Å². The summed E-state index contributed by atoms with van der Waals surface area (Å²) in [6, 6.07) is 8.44. The van der Waals surface area contributed by atoms with Gasteiger partial charge in [0.1, 0.15) is 0 Å². The molecule has 1 unspecified atom stereocenters. The van der Waals surface area contributed by atoms with E-state index in [4.69, 9.17) is 19.2 Å². The molecule has 1 fully saturated rings. The molecule has 0 radical (unpaired) electrons. The Bertz CT molecular complexity index is 614. The topological polar surface area (TPSA) is 64.1 Å². The molecule has 1 saturated heterocycles. The molecule has 1 atom stereocenters. The maximum Gasteiger partial charge on any atom is 0.191 e. The Labute approximate surface area is 199 Å². The van der Waals surface area contributed by atoms with E-state index < -0.39 is 0 Å². The Morgan fingerprint density at radius 1 is 1.23 bits per heavy atom. The molecule has 6 nitrogen and oxygen atoms in total. The van der Waals surface area contributed by atoms with Gasteiger partial charge in [-0.2, -0.15) is 0 Å². The van der Waals surface area contributed by atoms with Crippen molar-refractivity contribution in [2.75, 3.05) is 39.5 Å². The number of hydrogen-bond donors (Lipinski definition) is 2. The minimum absolute atomic E-state index is 0. The fraction of sp³-hybridized carbons (Fsp3) is 0.696. The molecule has 172 valence electrons. The van der Waals surface area contributed by atoms with Gasteiger partial charge < -0.3 is 24.8 Å². The minimum atomic E-state index is -0.134. The smallest absolute Gasteiger partial charge is 0.191 e. The highest BCUT2D eigenvalue weighted by Gasteiger charge is 2.15. The molecular weight excluding hydrogens is 493 g/mol. The fourth-order valence-corrected chi connectivity index (χ4v) is 2.98. The summed E-state index contributed by atoms with van der Waals surface area (Å²) in [6.45, 7) is 14.5. The first-order chi connectivity index (χ1) is 14.0. The van der Waals surface area contributed by atoms with Crippen molar-refractivity contribution in [2.24, 2.45) is 10.9 Å². The SMILES string of the molecule is CCNC(=NCc1cccc(COC(C)(C)C)c1)NCCCOCC1CCOC1.I. The zero-order valence-electron chi connectivity index (χ0n) is 19.0. The van der Waals surface area contributed by atoms with Gasteiger partial charge in [-0.25, -0.2) is 4.99 Å². The van der Waals surface area contributed by atoms with E-state index in [-0.39, 0.29) is 29.6 Å². The minimum Gasteiger partial charge on any atom is -0.381 e. The lowest BCUT2D eigenvalue weighted by atomic mass is 10.1. The largest absolute Gasteiger partial charge is 0.381 e. The molecule has 0 saturated carbocycles. The molecule has 0 aliphatic carbocycles. The average Bonchev–Trinajstić information content (AvgIpc) is 3.20. The van der Waals surface area contributed by atoms with Crippen LogP contribution in [0, 0.1) is 5.92 Å². The van der Waals surface area contributed by atoms with Crippen LogP contribution in [0.2, 0.25) is 0 Å². The van der Waals surface area contributed by atoms with Crippen LogP contribution in [0.25, 0.3) is 0 Å². The molecule has 0 spiro atoms. The van der Waals surface area contributed by atoms with Gasteiger partial charge >= 0.3 is 0 Å². The van der Waals surface area contributed by atoms with Crippen LogP contribution in [-0.4, -0.2) is 51.1 Å². The van der Waals surface area contributed by atoms with Gasteiger partial charge in [-0.15, -0.1) is 24.0 Å². The van der Waals surface area contributed by atoms with Gasteiger partial charge in [0.05, 0.1) is 32.0 Å². The van der Waals surface area contributed by atoms with Crippen LogP contribution in [0.3, 0.4) is 0 Å². The van der Waals surface area contributed by atoms with Gasteiger partial charge in [0.2, 0.25) is 0 Å². The van der Waals surface area contributed by atoms with Crippen LogP contribution in [0.15, 0.2) is 29.3 Å². The Hall–Kier alpha value is -0.900. The maximum atomic E-state index is 5.87. The van der Waals surface area contributed by atoms with Crippen LogP contribution >= 0.6 is 24.0 Å². The Balaban J connectivity index is 0.00000450. The third-order valence-corrected chi connectivity index (χ3v) is 4.56. The highest BCUT2D eigenvalue weighted by molar-refractivity contribution is 14.0. The van der Waals surface area contributed by atoms with Crippen molar-refractivity contribution in [3.05, 3.63) is 35.4 Å². The molecule has 1 heterocycles. The van der Waals surface area contributed by atoms with Crippen molar-refractivity contribution in [1.82, 2.24) is 10.6 Å². The van der Waals surface area contributed by atoms with E-state index in [0.717, 1.165) is 58.3 Å². The van der Waals surface area contributed by atoms with Gasteiger partial charge in [0.25, 0.3) is 0 Å². The van der Waals surface area contributed by atoms with Gasteiger partial charge in [-0.3, -0.25) is 0 Å². The van der Waals surface area contributed by atoms with Crippen LogP contribution in [-0.2, 0) is 27.4 Å². The average molecular weight is 533 g/mol. The molecule has 2 N–H and O–H groups in total. The molecule has 1 aliphatic rings. The van der Waals surface area contributed by atoms with Crippen LogP contribution in [0.4, 0.5) is 0 Å². The van der Waals surface area contributed by atoms with E-state index in [9.17, 15) is 0 Å². The van der Waals surface area contributed by atoms with Crippen molar-refractivity contribution < 1.29 is 14.2 Å². The van der Waals surface area contributed by atoms with Crippen molar-refractivity contribution in [3.63, 3.8) is 0 Å². The molecule has 1 aliphatic heterocycles. The zero-order valence-corrected chi connectivity index (χ0v) is 21.4. The van der Waals surface area contributed by atoms with Crippen LogP contribution < -0.4 is 10.6 Å². The fourth-order valence-electron chi connectivity index (χ4n) is 2.98. The number of nitrogens with zero attached hydrogens (tertiary/aromatic N) is 1. The van der Waals surface area contributed by atoms with E-state index >= 15 is 0 Å². The van der Waals surface area contributed by atoms with Crippen LogP contribution in [0.1, 0.15) is 51.7 Å². The molecule has 1 aromatic rings. The Kier molecular flexibility index (Phi) is 13.6. The van der Waals surface area contributed by atoms with Crippen molar-refractivity contribution in [1.29, 1.82) is 0 Å². The lowest BCUT2D eigenvalue weighted by molar-refractivity contribution is -0.0149. The lowest BCUT2D eigenvalue weighted by Gasteiger charge is -2.19. The molecule has 30 heavy (non-hydrogen) atoms. The highest BCUT2D eigenvalue weighted by atomic mass is 127. The van der Waals surface area contributed by atoms with Gasteiger partial charge in [-0.1, -0.05) is 24.3 Å². The summed E-state index contributed by atoms with van der Waals surface area (Å²) in [6.07, 6.45) is 2.08. The molecule has 7 heteroatoms. The van der Waals surface area contributed by atoms with Crippen molar-refractivity contribution in [3.8, 4) is 0 Å². The molecule has 0 amide bonds. The number of ether oxygens (including phenoxy) is 3. The highest BCUT2D eigenvalue weighted by Crippen LogP contribution is 2.14. The van der Waals surface area contributed by atoms with Gasteiger partial charge in [0, 0.05) is 32.2 Å². The Morgan fingerprint density at radius 2 is 2.03 bits per heavy atom. The molecule has 2 rings (SSSR count). The lowest BCUT2D eigenvalue weighted by Crippen LogP contribution is -2.38. The van der Waals surface area contributed by atoms with E-state index in [1.165, 1.54) is 11.1 Å². The standard InChI is InChI=1S/C23H39N3O3.HI/c1-5-24-22(25-11-7-12-27-16-21-10-13-28-17-21)26-15-19-8-6-9-20(14-19)18-29-23(2,3)4;/h6,8-9,14,21H,5,7,10-13,15-18H2,1-4H3,(H2,24,25,26);1H. The molecule has 0 bridgehead atoms. The number of rotatable bonds is 11. The summed E-state index contributed by atoms with van der Waals surface area (Å²) >= 11 is 0. The number of hydrogen-bond acceptors (Lipinski definition) is 4. The van der Waals surface area contributed by atoms with Crippen LogP contribution in [0.5, 0.6) is 0 Å². The monoisotopic (exact) mass is 533 g/mol. The summed E-state index contributed by atoms with van der Waals surface area (Å²) in [7, 11) is 0. The number of benzene rings is 1. The summed E-state index contributed by atoms with van der Waals surface area (Å²) < 4.78 is 17.0. The summed E-state index contributed by atoms with van der Waals surface area (Å²) in [5, 5.41) is 6.69. The van der Waals surface area contributed by atoms with E-state index in [0.29, 0.717) is 19.1 Å². The summed E-state index contributed by atoms with van der Waals surface area (Å²) in [5.41, 5.74) is 2.22. The third kappa shape index (κ3) is 12.1. The third-order valence-electron chi connectivity index (χ3n) is 4.56. The molecule has 0 aromatic heterocycles. The molecular formula is C23H40IN3O3. The normalized spacial score (nSPS) is 16.9. The predicted octanol–water partition coefficient (Wildman–Crippen LogP) is 4.12. The second kappa shape index (κ2) is 15.0. The number of aliphatic imine (C=N–C) groups is 1. The predicted molar refractivity (Wildman–Crippen MR) is 134 cm³/mol. The van der Waals surface area contributed by atoms with E-state index in [1.54, 1.807) is 0 Å². The second-order valence-electron chi connectivity index (χ2n) is 8.50. The second-order valence-corrected chi connectivity index (χ2v) is 8.50. The number of halogens is 1. The quantitative estimate of drug-likeness (QED) is 0.194. The first-order valence-corrected chi connectivity index (χ1v) is 10.9.